The van der Waals surface area contributed by atoms with Gasteiger partial charge in [-0.1, -0.05) is 18.2 Å². The van der Waals surface area contributed by atoms with Crippen molar-refractivity contribution in [3.05, 3.63) is 77.9 Å². The average molecular weight is 349 g/mol. The maximum absolute atomic E-state index is 12.2. The molecule has 1 aromatic heterocycles. The summed E-state index contributed by atoms with van der Waals surface area (Å²) in [5.74, 6) is 0.574. The molecule has 1 amide bonds. The number of carbonyl (C=O) groups is 1. The van der Waals surface area contributed by atoms with Crippen molar-refractivity contribution in [2.24, 2.45) is 0 Å². The van der Waals surface area contributed by atoms with Gasteiger partial charge >= 0.3 is 0 Å². The minimum absolute atomic E-state index is 0.000351. The number of hydrogen-bond donors (Lipinski definition) is 1. The highest BCUT2D eigenvalue weighted by Gasteiger charge is 2.10. The van der Waals surface area contributed by atoms with Crippen molar-refractivity contribution in [2.75, 3.05) is 6.61 Å². The Bertz CT molecular complexity index is 851. The third kappa shape index (κ3) is 4.51. The van der Waals surface area contributed by atoms with Gasteiger partial charge in [-0.3, -0.25) is 4.79 Å². The number of hydrogen-bond acceptors (Lipinski definition) is 3. The van der Waals surface area contributed by atoms with E-state index < -0.39 is 0 Å². The number of aryl methyl sites for hydroxylation is 2. The quantitative estimate of drug-likeness (QED) is 0.737. The van der Waals surface area contributed by atoms with Crippen LogP contribution in [0.3, 0.4) is 0 Å². The SMILES string of the molecule is Cc1cc(C)cc(OCC(=O)NC(C)c2ccc(-n3ccnc3)cc2)c1. The molecule has 1 N–H and O–H groups in total. The smallest absolute Gasteiger partial charge is 0.258 e. The zero-order chi connectivity index (χ0) is 18.5. The standard InChI is InChI=1S/C21H23N3O2/c1-15-10-16(2)12-20(11-15)26-13-21(25)23-17(3)18-4-6-19(7-5-18)24-9-8-22-14-24/h4-12,14,17H,13H2,1-3H3,(H,23,25). The maximum Gasteiger partial charge on any atom is 0.258 e. The molecule has 0 spiro atoms. The van der Waals surface area contributed by atoms with Gasteiger partial charge in [0, 0.05) is 18.1 Å². The first-order valence-corrected chi connectivity index (χ1v) is 8.60. The summed E-state index contributed by atoms with van der Waals surface area (Å²) < 4.78 is 7.55. The van der Waals surface area contributed by atoms with E-state index in [1.165, 1.54) is 0 Å². The van der Waals surface area contributed by atoms with Crippen LogP contribution in [0.5, 0.6) is 5.75 Å². The summed E-state index contributed by atoms with van der Waals surface area (Å²) in [6.07, 6.45) is 5.39. The predicted octanol–water partition coefficient (Wildman–Crippen LogP) is 3.75. The normalized spacial score (nSPS) is 11.8. The molecule has 2 aromatic carbocycles. The topological polar surface area (TPSA) is 56.1 Å². The van der Waals surface area contributed by atoms with E-state index in [1.807, 2.05) is 67.9 Å². The summed E-state index contributed by atoms with van der Waals surface area (Å²) in [4.78, 5) is 16.2. The van der Waals surface area contributed by atoms with Crippen molar-refractivity contribution >= 4 is 5.91 Å². The lowest BCUT2D eigenvalue weighted by Crippen LogP contribution is -2.31. The highest BCUT2D eigenvalue weighted by Crippen LogP contribution is 2.17. The van der Waals surface area contributed by atoms with E-state index in [4.69, 9.17) is 4.74 Å². The molecule has 1 heterocycles. The van der Waals surface area contributed by atoms with Crippen molar-refractivity contribution in [3.8, 4) is 11.4 Å². The van der Waals surface area contributed by atoms with Crippen LogP contribution in [-0.2, 0) is 4.79 Å². The van der Waals surface area contributed by atoms with Crippen molar-refractivity contribution in [1.82, 2.24) is 14.9 Å². The number of carbonyl (C=O) groups excluding carboxylic acids is 1. The van der Waals surface area contributed by atoms with E-state index in [9.17, 15) is 4.79 Å². The zero-order valence-corrected chi connectivity index (χ0v) is 15.3. The molecule has 26 heavy (non-hydrogen) atoms. The lowest BCUT2D eigenvalue weighted by molar-refractivity contribution is -0.123. The number of imidazole rings is 1. The summed E-state index contributed by atoms with van der Waals surface area (Å²) in [5, 5.41) is 2.97. The molecule has 3 rings (SSSR count). The molecule has 0 radical (unpaired) electrons. The van der Waals surface area contributed by atoms with E-state index in [0.717, 1.165) is 28.1 Å². The average Bonchev–Trinajstić information content (AvgIpc) is 3.14. The predicted molar refractivity (Wildman–Crippen MR) is 102 cm³/mol. The van der Waals surface area contributed by atoms with Gasteiger partial charge in [0.05, 0.1) is 12.4 Å². The number of ether oxygens (including phenoxy) is 1. The molecule has 5 nitrogen and oxygen atoms in total. The van der Waals surface area contributed by atoms with Gasteiger partial charge in [-0.15, -0.1) is 0 Å². The highest BCUT2D eigenvalue weighted by atomic mass is 16.5. The van der Waals surface area contributed by atoms with Crippen molar-refractivity contribution in [1.29, 1.82) is 0 Å². The van der Waals surface area contributed by atoms with E-state index in [2.05, 4.69) is 16.4 Å². The van der Waals surface area contributed by atoms with Gasteiger partial charge < -0.3 is 14.6 Å². The van der Waals surface area contributed by atoms with Crippen LogP contribution < -0.4 is 10.1 Å². The van der Waals surface area contributed by atoms with Crippen LogP contribution in [0.1, 0.15) is 29.7 Å². The molecule has 0 bridgehead atoms. The van der Waals surface area contributed by atoms with Crippen molar-refractivity contribution in [2.45, 2.75) is 26.8 Å². The first kappa shape index (κ1) is 17.7. The fourth-order valence-corrected chi connectivity index (χ4v) is 2.88. The Morgan fingerprint density at radius 3 is 2.46 bits per heavy atom. The van der Waals surface area contributed by atoms with Gasteiger partial charge in [-0.2, -0.15) is 0 Å². The van der Waals surface area contributed by atoms with Crippen LogP contribution in [0.4, 0.5) is 0 Å². The van der Waals surface area contributed by atoms with Crippen LogP contribution in [0, 0.1) is 13.8 Å². The second-order valence-corrected chi connectivity index (χ2v) is 6.46. The van der Waals surface area contributed by atoms with Crippen molar-refractivity contribution < 1.29 is 9.53 Å². The monoisotopic (exact) mass is 349 g/mol. The lowest BCUT2D eigenvalue weighted by atomic mass is 10.1. The molecule has 0 aliphatic heterocycles. The van der Waals surface area contributed by atoms with Crippen molar-refractivity contribution in [3.63, 3.8) is 0 Å². The lowest BCUT2D eigenvalue weighted by Gasteiger charge is -2.15. The van der Waals surface area contributed by atoms with Crippen LogP contribution in [-0.4, -0.2) is 22.1 Å². The molecule has 1 atom stereocenters. The Hall–Kier alpha value is -3.08. The largest absolute Gasteiger partial charge is 0.484 e. The Morgan fingerprint density at radius 2 is 1.85 bits per heavy atom. The zero-order valence-electron chi connectivity index (χ0n) is 15.3. The fourth-order valence-electron chi connectivity index (χ4n) is 2.88. The first-order valence-electron chi connectivity index (χ1n) is 8.60. The Labute approximate surface area is 153 Å². The van der Waals surface area contributed by atoms with Crippen LogP contribution in [0.15, 0.2) is 61.2 Å². The molecule has 0 aliphatic carbocycles. The first-order chi connectivity index (χ1) is 12.5. The maximum atomic E-state index is 12.2. The van der Waals surface area contributed by atoms with Crippen LogP contribution in [0.25, 0.3) is 5.69 Å². The van der Waals surface area contributed by atoms with Gasteiger partial charge in [0.2, 0.25) is 0 Å². The number of aromatic nitrogens is 2. The third-order valence-electron chi connectivity index (χ3n) is 4.14. The summed E-state index contributed by atoms with van der Waals surface area (Å²) in [6.45, 7) is 5.98. The molecule has 3 aromatic rings. The molecule has 5 heteroatoms. The number of rotatable bonds is 6. The fraction of sp³-hybridized carbons (Fsp3) is 0.238. The number of nitrogens with zero attached hydrogens (tertiary/aromatic N) is 2. The third-order valence-corrected chi connectivity index (χ3v) is 4.14. The van der Waals surface area contributed by atoms with Crippen LogP contribution in [0.2, 0.25) is 0 Å². The molecule has 0 saturated carbocycles. The Balaban J connectivity index is 1.55. The second kappa shape index (κ2) is 7.87. The van der Waals surface area contributed by atoms with E-state index in [1.54, 1.807) is 12.5 Å². The van der Waals surface area contributed by atoms with Gasteiger partial charge in [-0.25, -0.2) is 4.98 Å². The molecular formula is C21H23N3O2. The van der Waals surface area contributed by atoms with Gasteiger partial charge in [0.25, 0.3) is 5.91 Å². The summed E-state index contributed by atoms with van der Waals surface area (Å²) in [6, 6.07) is 13.9. The number of amides is 1. The van der Waals surface area contributed by atoms with Crippen LogP contribution >= 0.6 is 0 Å². The van der Waals surface area contributed by atoms with E-state index in [0.29, 0.717) is 0 Å². The molecule has 0 fully saturated rings. The molecule has 0 aliphatic rings. The molecule has 134 valence electrons. The minimum Gasteiger partial charge on any atom is -0.484 e. The summed E-state index contributed by atoms with van der Waals surface area (Å²) in [5.41, 5.74) is 4.30. The molecular weight excluding hydrogens is 326 g/mol. The van der Waals surface area contributed by atoms with E-state index in [-0.39, 0.29) is 18.6 Å². The minimum atomic E-state index is -0.143. The van der Waals surface area contributed by atoms with Gasteiger partial charge in [-0.05, 0) is 61.7 Å². The number of benzene rings is 2. The Morgan fingerprint density at radius 1 is 1.15 bits per heavy atom. The summed E-state index contributed by atoms with van der Waals surface area (Å²) in [7, 11) is 0. The Kier molecular flexibility index (Phi) is 5.37. The van der Waals surface area contributed by atoms with Gasteiger partial charge in [0.15, 0.2) is 6.61 Å². The van der Waals surface area contributed by atoms with E-state index >= 15 is 0 Å². The molecule has 1 unspecified atom stereocenters. The van der Waals surface area contributed by atoms with Gasteiger partial charge in [0.1, 0.15) is 5.75 Å². The number of nitrogens with one attached hydrogen (secondary N) is 1. The summed E-state index contributed by atoms with van der Waals surface area (Å²) >= 11 is 0. The molecule has 0 saturated heterocycles. The highest BCUT2D eigenvalue weighted by molar-refractivity contribution is 5.78. The second-order valence-electron chi connectivity index (χ2n) is 6.46.